The Morgan fingerprint density at radius 3 is 2.32 bits per heavy atom. The lowest BCUT2D eigenvalue weighted by atomic mass is 9.63. The third-order valence-electron chi connectivity index (χ3n) is 7.06. The Kier molecular flexibility index (Phi) is 5.60. The third kappa shape index (κ3) is 3.94. The maximum Gasteiger partial charge on any atom is 0.419 e. The summed E-state index contributed by atoms with van der Waals surface area (Å²) in [5.41, 5.74) is -3.28. The number of fused-ring (bicyclic) bond motifs is 2. The molecule has 3 aromatic carbocycles. The monoisotopic (exact) mass is 512 g/mol. The smallest absolute Gasteiger partial charge is 0.419 e. The van der Waals surface area contributed by atoms with E-state index in [1.54, 1.807) is 32.0 Å². The normalized spacial score (nSPS) is 21.0. The van der Waals surface area contributed by atoms with Gasteiger partial charge in [0.1, 0.15) is 11.6 Å². The Morgan fingerprint density at radius 1 is 0.973 bits per heavy atom. The molecule has 0 aliphatic heterocycles. The highest BCUT2D eigenvalue weighted by atomic mass is 19.4. The Hall–Kier alpha value is -3.85. The first kappa shape index (κ1) is 24.8. The molecule has 1 aromatic heterocycles. The van der Waals surface area contributed by atoms with Crippen molar-refractivity contribution in [1.29, 1.82) is 0 Å². The minimum absolute atomic E-state index is 0.125. The number of aromatic hydroxyl groups is 1. The van der Waals surface area contributed by atoms with Crippen molar-refractivity contribution < 1.29 is 27.8 Å². The summed E-state index contributed by atoms with van der Waals surface area (Å²) in [6, 6.07) is 15.5. The van der Waals surface area contributed by atoms with Crippen molar-refractivity contribution in [3.63, 3.8) is 0 Å². The van der Waals surface area contributed by atoms with Gasteiger partial charge in [-0.05, 0) is 65.9 Å². The fourth-order valence-corrected chi connectivity index (χ4v) is 5.53. The predicted molar refractivity (Wildman–Crippen MR) is 133 cm³/mol. The van der Waals surface area contributed by atoms with Crippen LogP contribution in [0.2, 0.25) is 0 Å². The predicted octanol–water partition coefficient (Wildman–Crippen LogP) is 5.96. The van der Waals surface area contributed by atoms with Gasteiger partial charge in [0.15, 0.2) is 5.60 Å². The minimum Gasteiger partial charge on any atom is -0.508 e. The van der Waals surface area contributed by atoms with Crippen LogP contribution in [0, 0.1) is 5.82 Å². The van der Waals surface area contributed by atoms with E-state index in [0.717, 1.165) is 0 Å². The standard InChI is InChI=1S/C28H24F4N2O3/c1-26(2)15-27(37,28(30,31)32)25(19-5-3-8-22(35)24(19)26)33-20-6-4-7-21-18(20)13-14-23(36)34(21)17-11-9-16(29)10-12-17/h3-14,25,33,35,37H,15H2,1-2H3. The van der Waals surface area contributed by atoms with Gasteiger partial charge in [-0.15, -0.1) is 0 Å². The van der Waals surface area contributed by atoms with Gasteiger partial charge in [0.05, 0.1) is 11.6 Å². The lowest BCUT2D eigenvalue weighted by molar-refractivity contribution is -0.275. The Balaban J connectivity index is 1.72. The number of aromatic nitrogens is 1. The van der Waals surface area contributed by atoms with Crippen molar-refractivity contribution in [2.75, 3.05) is 5.32 Å². The molecule has 0 spiro atoms. The number of alkyl halides is 3. The number of phenolic OH excluding ortho intramolecular Hbond substituents is 1. The molecule has 0 bridgehead atoms. The number of hydrogen-bond donors (Lipinski definition) is 3. The molecule has 1 heterocycles. The number of phenols is 1. The molecule has 3 N–H and O–H groups in total. The second kappa shape index (κ2) is 8.34. The topological polar surface area (TPSA) is 74.5 Å². The SMILES string of the molecule is CC1(C)CC(O)(C(F)(F)F)C(Nc2cccc3c2ccc(=O)n3-c2ccc(F)cc2)c2cccc(O)c21. The average Bonchev–Trinajstić information content (AvgIpc) is 2.81. The van der Waals surface area contributed by atoms with Gasteiger partial charge in [-0.2, -0.15) is 13.2 Å². The number of aliphatic hydroxyl groups is 1. The van der Waals surface area contributed by atoms with E-state index in [2.05, 4.69) is 5.32 Å². The number of hydrogen-bond acceptors (Lipinski definition) is 4. The molecule has 5 nitrogen and oxygen atoms in total. The van der Waals surface area contributed by atoms with Crippen molar-refractivity contribution >= 4 is 16.6 Å². The number of halogens is 4. The fraction of sp³-hybridized carbons (Fsp3) is 0.250. The Morgan fingerprint density at radius 2 is 1.65 bits per heavy atom. The van der Waals surface area contributed by atoms with E-state index in [0.29, 0.717) is 22.2 Å². The molecular formula is C28H24F4N2O3. The molecule has 2 atom stereocenters. The highest BCUT2D eigenvalue weighted by Gasteiger charge is 2.64. The molecule has 1 aliphatic carbocycles. The summed E-state index contributed by atoms with van der Waals surface area (Å²) in [5, 5.41) is 25.1. The highest BCUT2D eigenvalue weighted by molar-refractivity contribution is 5.92. The molecule has 37 heavy (non-hydrogen) atoms. The molecule has 4 aromatic rings. The van der Waals surface area contributed by atoms with Crippen molar-refractivity contribution in [1.82, 2.24) is 4.57 Å². The van der Waals surface area contributed by atoms with Crippen LogP contribution in [-0.4, -0.2) is 26.6 Å². The van der Waals surface area contributed by atoms with Crippen LogP contribution in [0.4, 0.5) is 23.2 Å². The van der Waals surface area contributed by atoms with E-state index < -0.39 is 41.0 Å². The minimum atomic E-state index is -4.99. The molecule has 192 valence electrons. The van der Waals surface area contributed by atoms with Gasteiger partial charge in [-0.25, -0.2) is 4.39 Å². The summed E-state index contributed by atoms with van der Waals surface area (Å²) in [6.45, 7) is 3.11. The first-order valence-electron chi connectivity index (χ1n) is 11.6. The first-order valence-corrected chi connectivity index (χ1v) is 11.6. The lowest BCUT2D eigenvalue weighted by Gasteiger charge is -2.49. The number of nitrogens with zero attached hydrogens (tertiary/aromatic N) is 1. The molecule has 0 fully saturated rings. The van der Waals surface area contributed by atoms with Gasteiger partial charge >= 0.3 is 6.18 Å². The van der Waals surface area contributed by atoms with Crippen LogP contribution < -0.4 is 10.9 Å². The van der Waals surface area contributed by atoms with Crippen LogP contribution >= 0.6 is 0 Å². The second-order valence-electron chi connectivity index (χ2n) is 10.0. The largest absolute Gasteiger partial charge is 0.508 e. The summed E-state index contributed by atoms with van der Waals surface area (Å²) in [6.07, 6.45) is -5.68. The number of anilines is 1. The summed E-state index contributed by atoms with van der Waals surface area (Å²) >= 11 is 0. The van der Waals surface area contributed by atoms with Gasteiger partial charge in [-0.3, -0.25) is 9.36 Å². The van der Waals surface area contributed by atoms with Crippen molar-refractivity contribution in [2.24, 2.45) is 0 Å². The van der Waals surface area contributed by atoms with Crippen molar-refractivity contribution in [3.05, 3.63) is 100 Å². The molecule has 0 saturated carbocycles. The van der Waals surface area contributed by atoms with Crippen LogP contribution in [-0.2, 0) is 5.41 Å². The zero-order valence-electron chi connectivity index (χ0n) is 20.0. The second-order valence-corrected chi connectivity index (χ2v) is 10.0. The van der Waals surface area contributed by atoms with Gasteiger partial charge in [0.25, 0.3) is 5.56 Å². The molecule has 0 saturated heterocycles. The summed E-state index contributed by atoms with van der Waals surface area (Å²) in [4.78, 5) is 12.8. The van der Waals surface area contributed by atoms with E-state index >= 15 is 0 Å². The molecule has 0 amide bonds. The van der Waals surface area contributed by atoms with Crippen LogP contribution in [0.1, 0.15) is 37.4 Å². The fourth-order valence-electron chi connectivity index (χ4n) is 5.53. The van der Waals surface area contributed by atoms with Crippen LogP contribution in [0.3, 0.4) is 0 Å². The maximum absolute atomic E-state index is 14.5. The molecule has 2 unspecified atom stereocenters. The van der Waals surface area contributed by atoms with Gasteiger partial charge in [-0.1, -0.05) is 32.0 Å². The Bertz CT molecular complexity index is 1560. The maximum atomic E-state index is 14.5. The molecule has 9 heteroatoms. The highest BCUT2D eigenvalue weighted by Crippen LogP contribution is 2.56. The van der Waals surface area contributed by atoms with Crippen LogP contribution in [0.15, 0.2) is 77.6 Å². The van der Waals surface area contributed by atoms with Gasteiger partial charge in [0.2, 0.25) is 0 Å². The summed E-state index contributed by atoms with van der Waals surface area (Å²) in [5.74, 6) is -0.630. The average molecular weight is 513 g/mol. The van der Waals surface area contributed by atoms with Crippen LogP contribution in [0.25, 0.3) is 16.6 Å². The summed E-state index contributed by atoms with van der Waals surface area (Å²) < 4.78 is 58.2. The van der Waals surface area contributed by atoms with Crippen molar-refractivity contribution in [3.8, 4) is 11.4 Å². The van der Waals surface area contributed by atoms with Gasteiger partial charge in [0, 0.05) is 28.4 Å². The number of nitrogens with one attached hydrogen (secondary N) is 1. The zero-order valence-corrected chi connectivity index (χ0v) is 20.0. The summed E-state index contributed by atoms with van der Waals surface area (Å²) in [7, 11) is 0. The quantitative estimate of drug-likeness (QED) is 0.296. The number of benzene rings is 3. The molecular weight excluding hydrogens is 488 g/mol. The lowest BCUT2D eigenvalue weighted by Crippen LogP contribution is -2.58. The van der Waals surface area contributed by atoms with E-state index in [4.69, 9.17) is 0 Å². The Labute approximate surface area is 209 Å². The van der Waals surface area contributed by atoms with E-state index in [1.807, 2.05) is 0 Å². The first-order chi connectivity index (χ1) is 17.3. The van der Waals surface area contributed by atoms with E-state index in [9.17, 15) is 32.6 Å². The van der Waals surface area contributed by atoms with Crippen molar-refractivity contribution in [2.45, 2.75) is 43.5 Å². The third-order valence-corrected chi connectivity index (χ3v) is 7.06. The molecule has 5 rings (SSSR count). The van der Waals surface area contributed by atoms with Gasteiger partial charge < -0.3 is 15.5 Å². The zero-order chi connectivity index (χ0) is 26.8. The van der Waals surface area contributed by atoms with E-state index in [1.165, 1.54) is 59.2 Å². The number of rotatable bonds is 3. The molecule has 1 aliphatic rings. The molecule has 0 radical (unpaired) electrons. The van der Waals surface area contributed by atoms with E-state index in [-0.39, 0.29) is 17.0 Å². The number of pyridine rings is 1. The van der Waals surface area contributed by atoms with Crippen LogP contribution in [0.5, 0.6) is 5.75 Å².